The molecule has 1 fully saturated rings. The number of nitrogens with one attached hydrogen (secondary N) is 1. The summed E-state index contributed by atoms with van der Waals surface area (Å²) < 4.78 is 2.34. The minimum absolute atomic E-state index is 0.660. The van der Waals surface area contributed by atoms with Crippen molar-refractivity contribution in [3.05, 3.63) is 18.2 Å². The Morgan fingerprint density at radius 1 is 1.50 bits per heavy atom. The van der Waals surface area contributed by atoms with E-state index < -0.39 is 0 Å². The maximum atomic E-state index is 4.26. The Kier molecular flexibility index (Phi) is 3.99. The smallest absolute Gasteiger partial charge is 0.0951 e. The van der Waals surface area contributed by atoms with Gasteiger partial charge in [0, 0.05) is 24.8 Å². The molecule has 3 heteroatoms. The van der Waals surface area contributed by atoms with Crippen LogP contribution in [-0.2, 0) is 6.54 Å². The fourth-order valence-electron chi connectivity index (χ4n) is 2.20. The van der Waals surface area contributed by atoms with Gasteiger partial charge in [0.25, 0.3) is 0 Å². The highest BCUT2D eigenvalue weighted by molar-refractivity contribution is 5.03. The summed E-state index contributed by atoms with van der Waals surface area (Å²) in [5.74, 6) is 0. The quantitative estimate of drug-likeness (QED) is 0.767. The molecule has 0 spiro atoms. The van der Waals surface area contributed by atoms with E-state index in [1.807, 2.05) is 12.5 Å². The Hall–Kier alpha value is -0.830. The van der Waals surface area contributed by atoms with Crippen molar-refractivity contribution in [2.45, 2.75) is 64.6 Å². The Bertz CT molecular complexity index is 315. The predicted octanol–water partition coefficient (Wildman–Crippen LogP) is 2.89. The lowest BCUT2D eigenvalue weighted by Gasteiger charge is -2.16. The molecule has 1 aromatic heterocycles. The molecule has 0 radical (unpaired) electrons. The van der Waals surface area contributed by atoms with Crippen LogP contribution < -0.4 is 5.32 Å². The lowest BCUT2D eigenvalue weighted by Crippen LogP contribution is -2.28. The van der Waals surface area contributed by atoms with Gasteiger partial charge >= 0.3 is 0 Å². The molecule has 1 N–H and O–H groups in total. The second kappa shape index (κ2) is 5.48. The zero-order valence-corrected chi connectivity index (χ0v) is 10.4. The summed E-state index contributed by atoms with van der Waals surface area (Å²) in [6.45, 7) is 5.47. The van der Waals surface area contributed by atoms with Crippen LogP contribution in [0.25, 0.3) is 0 Å². The second-order valence-electron chi connectivity index (χ2n) is 4.80. The zero-order chi connectivity index (χ0) is 11.4. The van der Waals surface area contributed by atoms with Crippen LogP contribution in [0.2, 0.25) is 0 Å². The molecular formula is C13H23N3. The van der Waals surface area contributed by atoms with Crippen molar-refractivity contribution in [1.29, 1.82) is 0 Å². The molecule has 3 nitrogen and oxygen atoms in total. The summed E-state index contributed by atoms with van der Waals surface area (Å²) in [6.07, 6.45) is 10.4. The first-order valence-corrected chi connectivity index (χ1v) is 6.59. The topological polar surface area (TPSA) is 29.9 Å². The summed E-state index contributed by atoms with van der Waals surface area (Å²) in [5.41, 5.74) is 1.34. The highest BCUT2D eigenvalue weighted by atomic mass is 15.1. The molecule has 0 amide bonds. The fraction of sp³-hybridized carbons (Fsp3) is 0.769. The van der Waals surface area contributed by atoms with E-state index in [2.05, 4.69) is 28.7 Å². The standard InChI is InChI=1S/C13H23N3/c1-3-5-11(4-2)15-9-13-8-14-10-16(13)12-6-7-12/h8,10-12,15H,3-7,9H2,1-2H3. The zero-order valence-electron chi connectivity index (χ0n) is 10.4. The van der Waals surface area contributed by atoms with Gasteiger partial charge in [0.1, 0.15) is 0 Å². The largest absolute Gasteiger partial charge is 0.330 e. The number of imidazole rings is 1. The summed E-state index contributed by atoms with van der Waals surface area (Å²) >= 11 is 0. The molecule has 90 valence electrons. The molecule has 0 bridgehead atoms. The van der Waals surface area contributed by atoms with Crippen LogP contribution in [0.5, 0.6) is 0 Å². The van der Waals surface area contributed by atoms with Crippen molar-refractivity contribution >= 4 is 0 Å². The van der Waals surface area contributed by atoms with Gasteiger partial charge in [-0.25, -0.2) is 4.98 Å². The maximum Gasteiger partial charge on any atom is 0.0951 e. The van der Waals surface area contributed by atoms with Gasteiger partial charge in [-0.3, -0.25) is 0 Å². The van der Waals surface area contributed by atoms with Gasteiger partial charge in [-0.15, -0.1) is 0 Å². The molecule has 0 aliphatic heterocycles. The number of aromatic nitrogens is 2. The van der Waals surface area contributed by atoms with E-state index in [1.54, 1.807) is 0 Å². The van der Waals surface area contributed by atoms with Crippen LogP contribution >= 0.6 is 0 Å². The van der Waals surface area contributed by atoms with E-state index in [-0.39, 0.29) is 0 Å². The van der Waals surface area contributed by atoms with Gasteiger partial charge in [0.15, 0.2) is 0 Å². The van der Waals surface area contributed by atoms with Gasteiger partial charge < -0.3 is 9.88 Å². The first kappa shape index (κ1) is 11.6. The third kappa shape index (κ3) is 2.85. The summed E-state index contributed by atoms with van der Waals surface area (Å²) in [5, 5.41) is 3.63. The van der Waals surface area contributed by atoms with Gasteiger partial charge in [-0.1, -0.05) is 20.3 Å². The highest BCUT2D eigenvalue weighted by Crippen LogP contribution is 2.35. The minimum atomic E-state index is 0.660. The molecule has 2 rings (SSSR count). The van der Waals surface area contributed by atoms with E-state index in [9.17, 15) is 0 Å². The lowest BCUT2D eigenvalue weighted by atomic mass is 10.1. The molecular weight excluding hydrogens is 198 g/mol. The van der Waals surface area contributed by atoms with Crippen molar-refractivity contribution in [2.24, 2.45) is 0 Å². The van der Waals surface area contributed by atoms with E-state index in [1.165, 1.54) is 37.8 Å². The van der Waals surface area contributed by atoms with Crippen molar-refractivity contribution in [3.8, 4) is 0 Å². The van der Waals surface area contributed by atoms with Gasteiger partial charge in [0.2, 0.25) is 0 Å². The third-order valence-corrected chi connectivity index (χ3v) is 3.39. The van der Waals surface area contributed by atoms with E-state index in [0.717, 1.165) is 12.6 Å². The first-order chi connectivity index (χ1) is 7.85. The SMILES string of the molecule is CCCC(CC)NCc1cncn1C1CC1. The van der Waals surface area contributed by atoms with Crippen LogP contribution in [0.1, 0.15) is 57.7 Å². The Labute approximate surface area is 98.3 Å². The third-order valence-electron chi connectivity index (χ3n) is 3.39. The Balaban J connectivity index is 1.85. The Morgan fingerprint density at radius 2 is 2.31 bits per heavy atom. The lowest BCUT2D eigenvalue weighted by molar-refractivity contribution is 0.453. The summed E-state index contributed by atoms with van der Waals surface area (Å²) in [4.78, 5) is 4.26. The number of hydrogen-bond donors (Lipinski definition) is 1. The van der Waals surface area contributed by atoms with Crippen molar-refractivity contribution in [2.75, 3.05) is 0 Å². The van der Waals surface area contributed by atoms with Crippen LogP contribution in [0.3, 0.4) is 0 Å². The second-order valence-corrected chi connectivity index (χ2v) is 4.80. The number of rotatable bonds is 7. The molecule has 1 unspecified atom stereocenters. The molecule has 1 aromatic rings. The van der Waals surface area contributed by atoms with E-state index in [4.69, 9.17) is 0 Å². The average Bonchev–Trinajstić information content (AvgIpc) is 3.04. The highest BCUT2D eigenvalue weighted by Gasteiger charge is 2.25. The summed E-state index contributed by atoms with van der Waals surface area (Å²) in [7, 11) is 0. The molecule has 16 heavy (non-hydrogen) atoms. The van der Waals surface area contributed by atoms with Gasteiger partial charge in [0.05, 0.1) is 12.0 Å². The van der Waals surface area contributed by atoms with Crippen molar-refractivity contribution in [1.82, 2.24) is 14.9 Å². The minimum Gasteiger partial charge on any atom is -0.330 e. The normalized spacial score (nSPS) is 17.6. The fourth-order valence-corrected chi connectivity index (χ4v) is 2.20. The molecule has 1 saturated carbocycles. The number of nitrogens with zero attached hydrogens (tertiary/aromatic N) is 2. The van der Waals surface area contributed by atoms with Crippen LogP contribution in [0, 0.1) is 0 Å². The van der Waals surface area contributed by atoms with Crippen LogP contribution in [0.15, 0.2) is 12.5 Å². The molecule has 0 saturated heterocycles. The first-order valence-electron chi connectivity index (χ1n) is 6.59. The molecule has 1 aliphatic carbocycles. The molecule has 1 atom stereocenters. The van der Waals surface area contributed by atoms with E-state index in [0.29, 0.717) is 6.04 Å². The molecule has 0 aromatic carbocycles. The van der Waals surface area contributed by atoms with E-state index >= 15 is 0 Å². The van der Waals surface area contributed by atoms with Gasteiger partial charge in [-0.2, -0.15) is 0 Å². The monoisotopic (exact) mass is 221 g/mol. The maximum absolute atomic E-state index is 4.26. The van der Waals surface area contributed by atoms with Crippen molar-refractivity contribution in [3.63, 3.8) is 0 Å². The summed E-state index contributed by atoms with van der Waals surface area (Å²) in [6, 6.07) is 1.40. The molecule has 1 heterocycles. The average molecular weight is 221 g/mol. The predicted molar refractivity (Wildman–Crippen MR) is 66.3 cm³/mol. The van der Waals surface area contributed by atoms with Crippen LogP contribution in [-0.4, -0.2) is 15.6 Å². The van der Waals surface area contributed by atoms with Crippen molar-refractivity contribution < 1.29 is 0 Å². The molecule has 1 aliphatic rings. The Morgan fingerprint density at radius 3 is 2.94 bits per heavy atom. The van der Waals surface area contributed by atoms with Gasteiger partial charge in [-0.05, 0) is 25.7 Å². The number of hydrogen-bond acceptors (Lipinski definition) is 2. The van der Waals surface area contributed by atoms with Crippen LogP contribution in [0.4, 0.5) is 0 Å².